The van der Waals surface area contributed by atoms with Gasteiger partial charge in [0.25, 0.3) is 0 Å². The summed E-state index contributed by atoms with van der Waals surface area (Å²) < 4.78 is 34.5. The Hall–Kier alpha value is -5.13. The molecule has 0 radical (unpaired) electrons. The zero-order valence-corrected chi connectivity index (χ0v) is 27.8. The minimum atomic E-state index is -3.81. The van der Waals surface area contributed by atoms with Crippen LogP contribution in [0.1, 0.15) is 29.2 Å². The van der Waals surface area contributed by atoms with E-state index in [4.69, 9.17) is 21.2 Å². The van der Waals surface area contributed by atoms with Crippen LogP contribution in [-0.4, -0.2) is 92.5 Å². The Morgan fingerprint density at radius 2 is 1.69 bits per heavy atom. The highest BCUT2D eigenvalue weighted by atomic mass is 32.2. The summed E-state index contributed by atoms with van der Waals surface area (Å²) in [5.41, 5.74) is 16.1. The Labute approximate surface area is 279 Å². The SMILES string of the molecule is Cc1ccc(C2CC(c3ccc(S(=O)(=O)NCCNc4nc(N(C)C)nc(N5CCOCC5)n4)cc3)=Nc3c(N)nc(N)nc3N2)cc1. The Morgan fingerprint density at radius 3 is 2.40 bits per heavy atom. The summed E-state index contributed by atoms with van der Waals surface area (Å²) in [4.78, 5) is 30.7. The average molecular weight is 674 g/mol. The number of aryl methyl sites for hydroxylation is 1. The van der Waals surface area contributed by atoms with Crippen molar-refractivity contribution in [2.75, 3.05) is 85.4 Å². The number of rotatable bonds is 10. The molecule has 1 atom stereocenters. The largest absolute Gasteiger partial charge is 0.382 e. The molecule has 4 heterocycles. The molecule has 2 aromatic heterocycles. The summed E-state index contributed by atoms with van der Waals surface area (Å²) >= 11 is 0. The molecule has 16 nitrogen and oxygen atoms in total. The van der Waals surface area contributed by atoms with Gasteiger partial charge in [-0.1, -0.05) is 42.0 Å². The van der Waals surface area contributed by atoms with Crippen LogP contribution in [0.2, 0.25) is 0 Å². The predicted octanol–water partition coefficient (Wildman–Crippen LogP) is 2.11. The van der Waals surface area contributed by atoms with Crippen LogP contribution in [0.15, 0.2) is 58.4 Å². The molecule has 48 heavy (non-hydrogen) atoms. The van der Waals surface area contributed by atoms with E-state index in [0.29, 0.717) is 67.8 Å². The van der Waals surface area contributed by atoms with E-state index in [9.17, 15) is 8.42 Å². The number of hydrogen-bond donors (Lipinski definition) is 5. The average Bonchev–Trinajstić information content (AvgIpc) is 3.28. The molecule has 252 valence electrons. The van der Waals surface area contributed by atoms with Gasteiger partial charge in [0.2, 0.25) is 33.8 Å². The lowest BCUT2D eigenvalue weighted by Crippen LogP contribution is -2.38. The number of ether oxygens (including phenoxy) is 1. The fourth-order valence-electron chi connectivity index (χ4n) is 5.28. The number of nitrogen functional groups attached to an aromatic ring is 2. The highest BCUT2D eigenvalue weighted by molar-refractivity contribution is 7.89. The van der Waals surface area contributed by atoms with Crippen LogP contribution in [0, 0.1) is 6.92 Å². The zero-order chi connectivity index (χ0) is 33.8. The molecule has 0 saturated carbocycles. The third-order valence-electron chi connectivity index (χ3n) is 7.87. The molecule has 1 unspecified atom stereocenters. The first-order chi connectivity index (χ1) is 23.1. The van der Waals surface area contributed by atoms with Crippen LogP contribution in [-0.2, 0) is 14.8 Å². The van der Waals surface area contributed by atoms with E-state index >= 15 is 0 Å². The van der Waals surface area contributed by atoms with E-state index in [2.05, 4.69) is 40.3 Å². The zero-order valence-electron chi connectivity index (χ0n) is 27.0. The van der Waals surface area contributed by atoms with Crippen LogP contribution in [0.4, 0.5) is 41.1 Å². The molecule has 0 amide bonds. The Morgan fingerprint density at radius 1 is 0.958 bits per heavy atom. The molecule has 1 fully saturated rings. The highest BCUT2D eigenvalue weighted by Crippen LogP contribution is 2.37. The molecule has 2 aliphatic rings. The number of anilines is 6. The molecule has 6 rings (SSSR count). The second-order valence-corrected chi connectivity index (χ2v) is 13.4. The van der Waals surface area contributed by atoms with Crippen molar-refractivity contribution in [3.8, 4) is 0 Å². The van der Waals surface area contributed by atoms with Gasteiger partial charge >= 0.3 is 0 Å². The molecule has 7 N–H and O–H groups in total. The first-order valence-corrected chi connectivity index (χ1v) is 17.0. The van der Waals surface area contributed by atoms with Gasteiger partial charge < -0.3 is 36.6 Å². The smallest absolute Gasteiger partial charge is 0.240 e. The fraction of sp³-hybridized carbons (Fsp3) is 0.355. The molecule has 0 bridgehead atoms. The quantitative estimate of drug-likeness (QED) is 0.153. The number of sulfonamides is 1. The molecule has 1 saturated heterocycles. The summed E-state index contributed by atoms with van der Waals surface area (Å²) in [5.74, 6) is 2.03. The number of hydrogen-bond acceptors (Lipinski definition) is 15. The van der Waals surface area contributed by atoms with E-state index in [1.165, 1.54) is 0 Å². The second-order valence-electron chi connectivity index (χ2n) is 11.6. The predicted molar refractivity (Wildman–Crippen MR) is 187 cm³/mol. The van der Waals surface area contributed by atoms with Crippen molar-refractivity contribution in [1.82, 2.24) is 29.6 Å². The van der Waals surface area contributed by atoms with E-state index < -0.39 is 10.0 Å². The standard InChI is InChI=1S/C31H39N13O3S/c1-19-4-6-20(7-5-19)24-18-23(36-25-26(32)38-28(33)39-27(25)37-24)21-8-10-22(11-9-21)48(45,46)35-13-12-34-29-40-30(43(2)3)42-31(41-29)44-14-16-47-17-15-44/h4-11,24,35H,12-18H2,1-3H3,(H,34,40,41,42)(H5,32,33,37,38,39). The van der Waals surface area contributed by atoms with Crippen LogP contribution in [0.3, 0.4) is 0 Å². The molecule has 4 aromatic rings. The Kier molecular flexibility index (Phi) is 9.51. The number of fused-ring (bicyclic) bond motifs is 1. The van der Waals surface area contributed by atoms with Crippen molar-refractivity contribution < 1.29 is 13.2 Å². The molecule has 0 spiro atoms. The number of aliphatic imine (C=N–C) groups is 1. The van der Waals surface area contributed by atoms with Crippen molar-refractivity contribution in [1.29, 1.82) is 0 Å². The van der Waals surface area contributed by atoms with Gasteiger partial charge in [0, 0.05) is 46.7 Å². The maximum Gasteiger partial charge on any atom is 0.240 e. The maximum atomic E-state index is 13.2. The summed E-state index contributed by atoms with van der Waals surface area (Å²) in [6.07, 6.45) is 0.481. The van der Waals surface area contributed by atoms with Crippen LogP contribution in [0.5, 0.6) is 0 Å². The van der Waals surface area contributed by atoms with Gasteiger partial charge in [-0.3, -0.25) is 0 Å². The number of nitrogens with zero attached hydrogens (tertiary/aromatic N) is 8. The van der Waals surface area contributed by atoms with Crippen molar-refractivity contribution >= 4 is 56.9 Å². The highest BCUT2D eigenvalue weighted by Gasteiger charge is 2.25. The van der Waals surface area contributed by atoms with Crippen molar-refractivity contribution in [2.24, 2.45) is 4.99 Å². The summed E-state index contributed by atoms with van der Waals surface area (Å²) in [7, 11) is -0.115. The molecule has 17 heteroatoms. The summed E-state index contributed by atoms with van der Waals surface area (Å²) in [6, 6.07) is 14.6. The molecule has 0 aliphatic carbocycles. The van der Waals surface area contributed by atoms with Gasteiger partial charge in [-0.2, -0.15) is 24.9 Å². The Balaban J connectivity index is 1.15. The number of nitrogens with two attached hydrogens (primary N) is 2. The number of aromatic nitrogens is 5. The van der Waals surface area contributed by atoms with Gasteiger partial charge in [0.15, 0.2) is 11.6 Å². The van der Waals surface area contributed by atoms with Crippen LogP contribution >= 0.6 is 0 Å². The lowest BCUT2D eigenvalue weighted by molar-refractivity contribution is 0.122. The number of morpholine rings is 1. The molecular weight excluding hydrogens is 634 g/mol. The van der Waals surface area contributed by atoms with Crippen LogP contribution in [0.25, 0.3) is 0 Å². The van der Waals surface area contributed by atoms with Gasteiger partial charge in [-0.05, 0) is 30.2 Å². The Bertz CT molecular complexity index is 1900. The lowest BCUT2D eigenvalue weighted by atomic mass is 9.97. The van der Waals surface area contributed by atoms with E-state index in [1.54, 1.807) is 29.2 Å². The van der Waals surface area contributed by atoms with Crippen molar-refractivity contribution in [2.45, 2.75) is 24.3 Å². The topological polar surface area (TPSA) is 215 Å². The monoisotopic (exact) mass is 673 g/mol. The third kappa shape index (κ3) is 7.53. The maximum absolute atomic E-state index is 13.2. The summed E-state index contributed by atoms with van der Waals surface area (Å²) in [5, 5.41) is 6.54. The molecule has 2 aromatic carbocycles. The van der Waals surface area contributed by atoms with Gasteiger partial charge in [-0.15, -0.1) is 0 Å². The number of benzene rings is 2. The van der Waals surface area contributed by atoms with Gasteiger partial charge in [0.05, 0.1) is 29.9 Å². The minimum absolute atomic E-state index is 0.0432. The van der Waals surface area contributed by atoms with E-state index in [0.717, 1.165) is 16.7 Å². The van der Waals surface area contributed by atoms with Crippen molar-refractivity contribution in [3.05, 3.63) is 65.2 Å². The van der Waals surface area contributed by atoms with E-state index in [1.807, 2.05) is 50.2 Å². The second kappa shape index (κ2) is 13.9. The fourth-order valence-corrected chi connectivity index (χ4v) is 6.31. The number of nitrogens with one attached hydrogen (secondary N) is 3. The molecular formula is C31H39N13O3S. The normalized spacial score (nSPS) is 16.4. The van der Waals surface area contributed by atoms with Gasteiger partial charge in [-0.25, -0.2) is 18.1 Å². The third-order valence-corrected chi connectivity index (χ3v) is 9.34. The minimum Gasteiger partial charge on any atom is -0.382 e. The molecule has 2 aliphatic heterocycles. The van der Waals surface area contributed by atoms with Crippen LogP contribution < -0.4 is 36.6 Å². The van der Waals surface area contributed by atoms with E-state index in [-0.39, 0.29) is 35.8 Å². The van der Waals surface area contributed by atoms with Gasteiger partial charge in [0.1, 0.15) is 5.69 Å². The first-order valence-electron chi connectivity index (χ1n) is 15.5. The first kappa shape index (κ1) is 32.8. The summed E-state index contributed by atoms with van der Waals surface area (Å²) in [6.45, 7) is 4.95. The van der Waals surface area contributed by atoms with Crippen molar-refractivity contribution in [3.63, 3.8) is 0 Å². The lowest BCUT2D eigenvalue weighted by Gasteiger charge is -2.27.